The van der Waals surface area contributed by atoms with E-state index in [-0.39, 0.29) is 5.91 Å². The third kappa shape index (κ3) is 1.68. The van der Waals surface area contributed by atoms with Crippen molar-refractivity contribution in [3.05, 3.63) is 35.4 Å². The first-order valence-electron chi connectivity index (χ1n) is 6.06. The van der Waals surface area contributed by atoms with Gasteiger partial charge < -0.3 is 10.0 Å². The summed E-state index contributed by atoms with van der Waals surface area (Å²) in [5.41, 5.74) is 0.571. The minimum Gasteiger partial charge on any atom is -0.479 e. The molecule has 1 aliphatic rings. The van der Waals surface area contributed by atoms with Crippen molar-refractivity contribution >= 4 is 11.9 Å². The Labute approximate surface area is 106 Å². The fraction of sp³-hybridized carbons (Fsp3) is 0.429. The Kier molecular flexibility index (Phi) is 3.11. The first-order chi connectivity index (χ1) is 8.50. The van der Waals surface area contributed by atoms with Crippen LogP contribution >= 0.6 is 0 Å². The van der Waals surface area contributed by atoms with Crippen LogP contribution < -0.4 is 0 Å². The highest BCUT2D eigenvalue weighted by Crippen LogP contribution is 2.39. The molecule has 0 aliphatic heterocycles. The van der Waals surface area contributed by atoms with Crippen molar-refractivity contribution in [1.82, 2.24) is 4.90 Å². The molecule has 0 fully saturated rings. The van der Waals surface area contributed by atoms with Crippen molar-refractivity contribution in [3.63, 3.8) is 0 Å². The van der Waals surface area contributed by atoms with Crippen LogP contribution in [0, 0.1) is 0 Å². The molecule has 1 amide bonds. The Bertz CT molecular complexity index is 498. The summed E-state index contributed by atoms with van der Waals surface area (Å²) in [6.07, 6.45) is 2.12. The van der Waals surface area contributed by atoms with Gasteiger partial charge in [-0.25, -0.2) is 4.79 Å². The zero-order valence-corrected chi connectivity index (χ0v) is 10.6. The van der Waals surface area contributed by atoms with Gasteiger partial charge in [-0.1, -0.05) is 24.3 Å². The van der Waals surface area contributed by atoms with Crippen LogP contribution in [0.1, 0.15) is 30.9 Å². The quantitative estimate of drug-likeness (QED) is 0.866. The molecule has 0 spiro atoms. The van der Waals surface area contributed by atoms with Crippen molar-refractivity contribution in [1.29, 1.82) is 0 Å². The number of benzene rings is 1. The molecule has 0 saturated heterocycles. The lowest BCUT2D eigenvalue weighted by atomic mass is 9.75. The van der Waals surface area contributed by atoms with Crippen molar-refractivity contribution in [2.75, 3.05) is 7.05 Å². The first-order valence-corrected chi connectivity index (χ1v) is 6.06. The molecule has 0 heterocycles. The summed E-state index contributed by atoms with van der Waals surface area (Å²) in [4.78, 5) is 24.8. The number of aliphatic carboxylic acids is 1. The monoisotopic (exact) mass is 247 g/mol. The van der Waals surface area contributed by atoms with Gasteiger partial charge in [0.05, 0.1) is 0 Å². The maximum Gasteiger partial charge on any atom is 0.334 e. The molecule has 1 atom stereocenters. The van der Waals surface area contributed by atoms with Gasteiger partial charge in [-0.2, -0.15) is 0 Å². The summed E-state index contributed by atoms with van der Waals surface area (Å²) in [7, 11) is 1.57. The number of carbonyl (C=O) groups excluding carboxylic acids is 1. The molecule has 1 aromatic rings. The van der Waals surface area contributed by atoms with Crippen molar-refractivity contribution in [2.45, 2.75) is 31.7 Å². The second-order valence-electron chi connectivity index (χ2n) is 4.75. The van der Waals surface area contributed by atoms with Crippen molar-refractivity contribution < 1.29 is 14.7 Å². The average molecular weight is 247 g/mol. The maximum atomic E-state index is 11.8. The smallest absolute Gasteiger partial charge is 0.334 e. The average Bonchev–Trinajstić information content (AvgIpc) is 2.36. The van der Waals surface area contributed by atoms with E-state index in [1.54, 1.807) is 7.05 Å². The Balaban J connectivity index is 2.63. The minimum atomic E-state index is -1.21. The van der Waals surface area contributed by atoms with Gasteiger partial charge in [-0.15, -0.1) is 0 Å². The van der Waals surface area contributed by atoms with Gasteiger partial charge in [0.2, 0.25) is 5.91 Å². The van der Waals surface area contributed by atoms with Crippen LogP contribution in [0.2, 0.25) is 0 Å². The molecule has 4 nitrogen and oxygen atoms in total. The number of aryl methyl sites for hydroxylation is 1. The number of carboxylic acid groups (broad SMARTS) is 1. The zero-order valence-electron chi connectivity index (χ0n) is 10.6. The van der Waals surface area contributed by atoms with E-state index >= 15 is 0 Å². The number of carboxylic acids is 1. The molecule has 1 aromatic carbocycles. The van der Waals surface area contributed by atoms with E-state index in [4.69, 9.17) is 0 Å². The number of rotatable bonds is 2. The molecule has 0 bridgehead atoms. The lowest BCUT2D eigenvalue weighted by Gasteiger charge is -2.42. The van der Waals surface area contributed by atoms with E-state index in [0.29, 0.717) is 6.42 Å². The third-order valence-corrected chi connectivity index (χ3v) is 3.85. The summed E-state index contributed by atoms with van der Waals surface area (Å²) in [5.74, 6) is -1.18. The summed E-state index contributed by atoms with van der Waals surface area (Å²) in [5, 5.41) is 9.66. The van der Waals surface area contributed by atoms with E-state index < -0.39 is 11.5 Å². The molecule has 18 heavy (non-hydrogen) atoms. The Hall–Kier alpha value is -1.84. The van der Waals surface area contributed by atoms with Crippen LogP contribution in [-0.4, -0.2) is 28.9 Å². The molecule has 2 rings (SSSR count). The van der Waals surface area contributed by atoms with Crippen LogP contribution in [0.3, 0.4) is 0 Å². The topological polar surface area (TPSA) is 57.6 Å². The number of likely N-dealkylation sites (N-methyl/N-ethyl adjacent to an activating group) is 1. The number of amides is 1. The largest absolute Gasteiger partial charge is 0.479 e. The molecular weight excluding hydrogens is 230 g/mol. The SMILES string of the molecule is CC(=O)N(C)C1(C(=O)O)CCCc2ccccc21. The van der Waals surface area contributed by atoms with Gasteiger partial charge in [-0.05, 0) is 30.4 Å². The summed E-state index contributed by atoms with van der Waals surface area (Å²) in [6.45, 7) is 1.40. The normalized spacial score (nSPS) is 22.1. The number of nitrogens with zero attached hydrogens (tertiary/aromatic N) is 1. The number of hydrogen-bond donors (Lipinski definition) is 1. The molecule has 1 unspecified atom stereocenters. The molecular formula is C14H17NO3. The lowest BCUT2D eigenvalue weighted by molar-refractivity contribution is -0.159. The Morgan fingerprint density at radius 2 is 2.00 bits per heavy atom. The molecule has 0 radical (unpaired) electrons. The highest BCUT2D eigenvalue weighted by molar-refractivity contribution is 5.88. The maximum absolute atomic E-state index is 11.8. The number of carbonyl (C=O) groups is 2. The number of hydrogen-bond acceptors (Lipinski definition) is 2. The number of fused-ring (bicyclic) bond motifs is 1. The highest BCUT2D eigenvalue weighted by atomic mass is 16.4. The molecule has 1 aliphatic carbocycles. The first kappa shape index (κ1) is 12.6. The van der Waals surface area contributed by atoms with Crippen LogP contribution in [0.15, 0.2) is 24.3 Å². The third-order valence-electron chi connectivity index (χ3n) is 3.85. The summed E-state index contributed by atoms with van der Waals surface area (Å²) >= 11 is 0. The Morgan fingerprint density at radius 3 is 2.61 bits per heavy atom. The molecule has 0 saturated carbocycles. The van der Waals surface area contributed by atoms with Gasteiger partial charge in [0.15, 0.2) is 5.54 Å². The van der Waals surface area contributed by atoms with E-state index in [1.165, 1.54) is 11.8 Å². The predicted molar refractivity (Wildman–Crippen MR) is 67.1 cm³/mol. The van der Waals surface area contributed by atoms with Crippen LogP contribution in [0.5, 0.6) is 0 Å². The van der Waals surface area contributed by atoms with Crippen LogP contribution in [-0.2, 0) is 21.5 Å². The summed E-state index contributed by atoms with van der Waals surface area (Å²) in [6, 6.07) is 7.50. The van der Waals surface area contributed by atoms with E-state index in [1.807, 2.05) is 24.3 Å². The second-order valence-corrected chi connectivity index (χ2v) is 4.75. The lowest BCUT2D eigenvalue weighted by Crippen LogP contribution is -2.53. The Morgan fingerprint density at radius 1 is 1.33 bits per heavy atom. The van der Waals surface area contributed by atoms with Crippen LogP contribution in [0.25, 0.3) is 0 Å². The van der Waals surface area contributed by atoms with Crippen LogP contribution in [0.4, 0.5) is 0 Å². The van der Waals surface area contributed by atoms with Gasteiger partial charge in [0.25, 0.3) is 0 Å². The van der Waals surface area contributed by atoms with Gasteiger partial charge in [0, 0.05) is 14.0 Å². The fourth-order valence-electron chi connectivity index (χ4n) is 2.79. The predicted octanol–water partition coefficient (Wildman–Crippen LogP) is 1.78. The van der Waals surface area contributed by atoms with Gasteiger partial charge in [0.1, 0.15) is 0 Å². The van der Waals surface area contributed by atoms with E-state index in [9.17, 15) is 14.7 Å². The molecule has 1 N–H and O–H groups in total. The van der Waals surface area contributed by atoms with Gasteiger partial charge >= 0.3 is 5.97 Å². The molecule has 4 heteroatoms. The second kappa shape index (κ2) is 4.44. The van der Waals surface area contributed by atoms with Crippen molar-refractivity contribution in [3.8, 4) is 0 Å². The van der Waals surface area contributed by atoms with Crippen molar-refractivity contribution in [2.24, 2.45) is 0 Å². The minimum absolute atomic E-state index is 0.228. The van der Waals surface area contributed by atoms with Gasteiger partial charge in [-0.3, -0.25) is 4.79 Å². The van der Waals surface area contributed by atoms with E-state index in [2.05, 4.69) is 0 Å². The highest BCUT2D eigenvalue weighted by Gasteiger charge is 2.48. The molecule has 0 aromatic heterocycles. The standard InChI is InChI=1S/C14H17NO3/c1-10(16)15(2)14(13(17)18)9-5-7-11-6-3-4-8-12(11)14/h3-4,6,8H,5,7,9H2,1-2H3,(H,17,18). The van der Waals surface area contributed by atoms with E-state index in [0.717, 1.165) is 24.0 Å². The molecule has 96 valence electrons. The fourth-order valence-corrected chi connectivity index (χ4v) is 2.79. The summed E-state index contributed by atoms with van der Waals surface area (Å²) < 4.78 is 0. The zero-order chi connectivity index (χ0) is 13.3.